The number of phenolic OH excluding ortho intramolecular Hbond substituents is 1. The summed E-state index contributed by atoms with van der Waals surface area (Å²) in [5.41, 5.74) is 1.67. The molecule has 0 aliphatic carbocycles. The number of phenols is 1. The molecule has 0 aromatic heterocycles. The number of aromatic hydroxyl groups is 1. The number of hydrogen-bond donors (Lipinski definition) is 2. The molecular weight excluding hydrogens is 238 g/mol. The first-order valence-corrected chi connectivity index (χ1v) is 6.03. The van der Waals surface area contributed by atoms with Gasteiger partial charge in [-0.2, -0.15) is 0 Å². The second-order valence-electron chi connectivity index (χ2n) is 4.09. The molecule has 0 heterocycles. The van der Waals surface area contributed by atoms with Crippen LogP contribution in [-0.2, 0) is 11.3 Å². The number of carbonyl (C=O) groups excluding carboxylic acids is 1. The summed E-state index contributed by atoms with van der Waals surface area (Å²) < 4.78 is 0. The average molecular weight is 253 g/mol. The minimum Gasteiger partial charge on any atom is -0.508 e. The predicted octanol–water partition coefficient (Wildman–Crippen LogP) is 2.72. The molecule has 96 valence electrons. The van der Waals surface area contributed by atoms with Gasteiger partial charge in [0.2, 0.25) is 5.91 Å². The van der Waals surface area contributed by atoms with Crippen LogP contribution in [0.2, 0.25) is 0 Å². The van der Waals surface area contributed by atoms with Gasteiger partial charge >= 0.3 is 0 Å². The van der Waals surface area contributed by atoms with Crippen molar-refractivity contribution < 1.29 is 9.90 Å². The molecule has 0 aliphatic heterocycles. The Morgan fingerprint density at radius 3 is 2.47 bits per heavy atom. The van der Waals surface area contributed by atoms with E-state index in [0.29, 0.717) is 12.1 Å². The molecule has 0 radical (unpaired) electrons. The fraction of sp³-hybridized carbons (Fsp3) is 0.0625. The van der Waals surface area contributed by atoms with E-state index in [1.165, 1.54) is 6.08 Å². The van der Waals surface area contributed by atoms with E-state index in [4.69, 9.17) is 0 Å². The molecule has 0 saturated carbocycles. The van der Waals surface area contributed by atoms with Crippen molar-refractivity contribution in [2.24, 2.45) is 0 Å². The van der Waals surface area contributed by atoms with Gasteiger partial charge in [0.15, 0.2) is 0 Å². The lowest BCUT2D eigenvalue weighted by atomic mass is 10.2. The van der Waals surface area contributed by atoms with Gasteiger partial charge < -0.3 is 10.4 Å². The first-order chi connectivity index (χ1) is 9.25. The number of carbonyl (C=O) groups is 1. The second-order valence-corrected chi connectivity index (χ2v) is 4.09. The third-order valence-corrected chi connectivity index (χ3v) is 2.67. The molecule has 2 aromatic rings. The molecule has 0 saturated heterocycles. The standard InChI is InChI=1S/C16H15NO2/c18-15-9-5-4-8-14(15)12-17-16(19)11-10-13-6-2-1-3-7-13/h1-11,18H,12H2,(H,17,19)/b11-10+. The summed E-state index contributed by atoms with van der Waals surface area (Å²) in [4.78, 5) is 11.6. The zero-order valence-electron chi connectivity index (χ0n) is 10.4. The number of hydrogen-bond acceptors (Lipinski definition) is 2. The number of amides is 1. The number of nitrogens with one attached hydrogen (secondary N) is 1. The van der Waals surface area contributed by atoms with Crippen molar-refractivity contribution >= 4 is 12.0 Å². The highest BCUT2D eigenvalue weighted by Crippen LogP contribution is 2.14. The molecule has 1 amide bonds. The highest BCUT2D eigenvalue weighted by molar-refractivity contribution is 5.91. The zero-order valence-corrected chi connectivity index (χ0v) is 10.4. The third kappa shape index (κ3) is 4.00. The predicted molar refractivity (Wildman–Crippen MR) is 75.4 cm³/mol. The van der Waals surface area contributed by atoms with Crippen molar-refractivity contribution in [1.29, 1.82) is 0 Å². The molecule has 0 atom stereocenters. The Labute approximate surface area is 112 Å². The lowest BCUT2D eigenvalue weighted by Gasteiger charge is -2.04. The van der Waals surface area contributed by atoms with E-state index >= 15 is 0 Å². The molecular formula is C16H15NO2. The zero-order chi connectivity index (χ0) is 13.5. The van der Waals surface area contributed by atoms with Crippen molar-refractivity contribution in [2.75, 3.05) is 0 Å². The van der Waals surface area contributed by atoms with E-state index in [1.807, 2.05) is 36.4 Å². The maximum absolute atomic E-state index is 11.6. The van der Waals surface area contributed by atoms with E-state index in [0.717, 1.165) is 5.56 Å². The maximum atomic E-state index is 11.6. The SMILES string of the molecule is O=C(/C=C/c1ccccc1)NCc1ccccc1O. The molecule has 0 bridgehead atoms. The fourth-order valence-corrected chi connectivity index (χ4v) is 1.64. The van der Waals surface area contributed by atoms with Crippen LogP contribution in [0.4, 0.5) is 0 Å². The Bertz CT molecular complexity index is 576. The number of benzene rings is 2. The Hall–Kier alpha value is -2.55. The van der Waals surface area contributed by atoms with Gasteiger partial charge in [-0.1, -0.05) is 48.5 Å². The highest BCUT2D eigenvalue weighted by Gasteiger charge is 2.00. The topological polar surface area (TPSA) is 49.3 Å². The van der Waals surface area contributed by atoms with Crippen LogP contribution in [0, 0.1) is 0 Å². The third-order valence-electron chi connectivity index (χ3n) is 2.67. The van der Waals surface area contributed by atoms with E-state index in [1.54, 1.807) is 24.3 Å². The summed E-state index contributed by atoms with van der Waals surface area (Å²) in [7, 11) is 0. The van der Waals surface area contributed by atoms with Gasteiger partial charge in [0.1, 0.15) is 5.75 Å². The maximum Gasteiger partial charge on any atom is 0.244 e. The van der Waals surface area contributed by atoms with Crippen molar-refractivity contribution in [3.8, 4) is 5.75 Å². The van der Waals surface area contributed by atoms with E-state index in [9.17, 15) is 9.90 Å². The lowest BCUT2D eigenvalue weighted by molar-refractivity contribution is -0.116. The summed E-state index contributed by atoms with van der Waals surface area (Å²) in [6.07, 6.45) is 3.23. The van der Waals surface area contributed by atoms with Crippen LogP contribution in [0.5, 0.6) is 5.75 Å². The number of rotatable bonds is 4. The van der Waals surface area contributed by atoms with Crippen molar-refractivity contribution in [3.05, 3.63) is 71.8 Å². The van der Waals surface area contributed by atoms with Crippen LogP contribution in [-0.4, -0.2) is 11.0 Å². The van der Waals surface area contributed by atoms with Gasteiger partial charge in [-0.15, -0.1) is 0 Å². The van der Waals surface area contributed by atoms with Crippen LogP contribution in [0.3, 0.4) is 0 Å². The number of para-hydroxylation sites is 1. The second kappa shape index (κ2) is 6.40. The molecule has 0 aliphatic rings. The van der Waals surface area contributed by atoms with E-state index in [-0.39, 0.29) is 11.7 Å². The summed E-state index contributed by atoms with van der Waals surface area (Å²) >= 11 is 0. The summed E-state index contributed by atoms with van der Waals surface area (Å²) in [6.45, 7) is 0.310. The average Bonchev–Trinajstić information content (AvgIpc) is 2.45. The van der Waals surface area contributed by atoms with Crippen LogP contribution >= 0.6 is 0 Å². The fourth-order valence-electron chi connectivity index (χ4n) is 1.64. The molecule has 19 heavy (non-hydrogen) atoms. The van der Waals surface area contributed by atoms with E-state index in [2.05, 4.69) is 5.32 Å². The van der Waals surface area contributed by atoms with Gasteiger partial charge in [-0.25, -0.2) is 0 Å². The van der Waals surface area contributed by atoms with Crippen molar-refractivity contribution in [3.63, 3.8) is 0 Å². The van der Waals surface area contributed by atoms with Gasteiger partial charge in [-0.3, -0.25) is 4.79 Å². The molecule has 2 N–H and O–H groups in total. The van der Waals surface area contributed by atoms with Gasteiger partial charge in [0.25, 0.3) is 0 Å². The Kier molecular flexibility index (Phi) is 4.34. The van der Waals surface area contributed by atoms with Crippen LogP contribution in [0.1, 0.15) is 11.1 Å². The highest BCUT2D eigenvalue weighted by atomic mass is 16.3. The van der Waals surface area contributed by atoms with Gasteiger partial charge in [-0.05, 0) is 17.7 Å². The molecule has 3 heteroatoms. The van der Waals surface area contributed by atoms with Gasteiger partial charge in [0.05, 0.1) is 0 Å². The van der Waals surface area contributed by atoms with Crippen LogP contribution in [0.15, 0.2) is 60.7 Å². The quantitative estimate of drug-likeness (QED) is 0.823. The minimum absolute atomic E-state index is 0.188. The van der Waals surface area contributed by atoms with Gasteiger partial charge in [0, 0.05) is 18.2 Å². The van der Waals surface area contributed by atoms with Crippen molar-refractivity contribution in [1.82, 2.24) is 5.32 Å². The molecule has 2 aromatic carbocycles. The first-order valence-electron chi connectivity index (χ1n) is 6.03. The molecule has 0 fully saturated rings. The summed E-state index contributed by atoms with van der Waals surface area (Å²) in [5, 5.41) is 12.3. The van der Waals surface area contributed by atoms with Crippen LogP contribution in [0.25, 0.3) is 6.08 Å². The Morgan fingerprint density at radius 1 is 1.05 bits per heavy atom. The summed E-state index contributed by atoms with van der Waals surface area (Å²) in [6, 6.07) is 16.5. The van der Waals surface area contributed by atoms with Crippen molar-refractivity contribution in [2.45, 2.75) is 6.54 Å². The molecule has 3 nitrogen and oxygen atoms in total. The smallest absolute Gasteiger partial charge is 0.244 e. The molecule has 0 spiro atoms. The van der Waals surface area contributed by atoms with Crippen LogP contribution < -0.4 is 5.32 Å². The normalized spacial score (nSPS) is 10.5. The lowest BCUT2D eigenvalue weighted by Crippen LogP contribution is -2.20. The van der Waals surface area contributed by atoms with E-state index < -0.39 is 0 Å². The molecule has 2 rings (SSSR count). The molecule has 0 unspecified atom stereocenters. The monoisotopic (exact) mass is 253 g/mol. The minimum atomic E-state index is -0.188. The largest absolute Gasteiger partial charge is 0.508 e. The summed E-state index contributed by atoms with van der Waals surface area (Å²) in [5.74, 6) is 0.00180. The Morgan fingerprint density at radius 2 is 1.74 bits per heavy atom. The first kappa shape index (κ1) is 12.9. The Balaban J connectivity index is 1.89.